The van der Waals surface area contributed by atoms with Crippen molar-refractivity contribution >= 4 is 5.78 Å². The third-order valence-electron chi connectivity index (χ3n) is 3.31. The van der Waals surface area contributed by atoms with Crippen molar-refractivity contribution in [2.45, 2.75) is 57.9 Å². The van der Waals surface area contributed by atoms with Gasteiger partial charge in [0, 0.05) is 37.7 Å². The van der Waals surface area contributed by atoms with Crippen molar-refractivity contribution in [1.82, 2.24) is 9.55 Å². The lowest BCUT2D eigenvalue weighted by molar-refractivity contribution is -0.119. The molecule has 1 aromatic rings. The fraction of sp³-hybridized carbons (Fsp3) is 0.692. The maximum atomic E-state index is 11.6. The summed E-state index contributed by atoms with van der Waals surface area (Å²) in [5.41, 5.74) is 0. The van der Waals surface area contributed by atoms with Crippen molar-refractivity contribution in [3.63, 3.8) is 0 Å². The van der Waals surface area contributed by atoms with Gasteiger partial charge in [-0.25, -0.2) is 4.98 Å². The minimum Gasteiger partial charge on any atom is -0.335 e. The van der Waals surface area contributed by atoms with Crippen molar-refractivity contribution in [3.8, 4) is 0 Å². The Kier molecular flexibility index (Phi) is 3.75. The van der Waals surface area contributed by atoms with Crippen molar-refractivity contribution in [2.24, 2.45) is 0 Å². The molecule has 1 saturated carbocycles. The second-order valence-electron chi connectivity index (χ2n) is 4.66. The maximum Gasteiger partial charge on any atom is 0.133 e. The number of hydrogen-bond acceptors (Lipinski definition) is 2. The van der Waals surface area contributed by atoms with Crippen LogP contribution in [-0.2, 0) is 11.3 Å². The SMILES string of the molecule is CCCn1ccnc1C1CCCCC(=O)C1. The van der Waals surface area contributed by atoms with Gasteiger partial charge in [0.1, 0.15) is 11.6 Å². The molecule has 1 fully saturated rings. The van der Waals surface area contributed by atoms with Gasteiger partial charge in [-0.3, -0.25) is 4.79 Å². The zero-order chi connectivity index (χ0) is 11.4. The molecule has 1 heterocycles. The molecule has 0 N–H and O–H groups in total. The summed E-state index contributed by atoms with van der Waals surface area (Å²) >= 11 is 0. The van der Waals surface area contributed by atoms with Gasteiger partial charge in [0.05, 0.1) is 0 Å². The average molecular weight is 220 g/mol. The third-order valence-corrected chi connectivity index (χ3v) is 3.31. The number of carbonyl (C=O) groups is 1. The molecule has 0 radical (unpaired) electrons. The molecule has 0 aromatic carbocycles. The van der Waals surface area contributed by atoms with Gasteiger partial charge in [-0.15, -0.1) is 0 Å². The maximum absolute atomic E-state index is 11.6. The van der Waals surface area contributed by atoms with E-state index in [-0.39, 0.29) is 0 Å². The molecule has 1 unspecified atom stereocenters. The second-order valence-corrected chi connectivity index (χ2v) is 4.66. The molecule has 0 amide bonds. The van der Waals surface area contributed by atoms with Crippen LogP contribution in [0.15, 0.2) is 12.4 Å². The molecule has 1 aliphatic carbocycles. The Balaban J connectivity index is 2.14. The Hall–Kier alpha value is -1.12. The zero-order valence-corrected chi connectivity index (χ0v) is 9.98. The number of aryl methyl sites for hydroxylation is 1. The van der Waals surface area contributed by atoms with E-state index in [1.54, 1.807) is 0 Å². The van der Waals surface area contributed by atoms with Gasteiger partial charge < -0.3 is 4.57 Å². The van der Waals surface area contributed by atoms with Gasteiger partial charge in [0.25, 0.3) is 0 Å². The molecule has 0 spiro atoms. The number of nitrogens with zero attached hydrogens (tertiary/aromatic N) is 2. The first-order chi connectivity index (χ1) is 7.81. The lowest BCUT2D eigenvalue weighted by Gasteiger charge is -2.14. The predicted molar refractivity (Wildman–Crippen MR) is 63.4 cm³/mol. The summed E-state index contributed by atoms with van der Waals surface area (Å²) in [4.78, 5) is 16.1. The lowest BCUT2D eigenvalue weighted by atomic mass is 9.99. The van der Waals surface area contributed by atoms with E-state index in [0.717, 1.165) is 44.5 Å². The number of aromatic nitrogens is 2. The molecule has 1 aromatic heterocycles. The molecule has 3 nitrogen and oxygen atoms in total. The number of imidazole rings is 1. The molecule has 0 bridgehead atoms. The summed E-state index contributed by atoms with van der Waals surface area (Å²) in [7, 11) is 0. The Morgan fingerprint density at radius 1 is 1.50 bits per heavy atom. The van der Waals surface area contributed by atoms with Crippen LogP contribution in [-0.4, -0.2) is 15.3 Å². The van der Waals surface area contributed by atoms with Gasteiger partial charge in [-0.1, -0.05) is 13.3 Å². The largest absolute Gasteiger partial charge is 0.335 e. The fourth-order valence-corrected chi connectivity index (χ4v) is 2.52. The molecule has 0 aliphatic heterocycles. The minimum absolute atomic E-state index is 0.358. The van der Waals surface area contributed by atoms with Crippen molar-refractivity contribution in [3.05, 3.63) is 18.2 Å². The van der Waals surface area contributed by atoms with Crippen LogP contribution in [0.1, 0.15) is 57.2 Å². The first kappa shape index (κ1) is 11.4. The summed E-state index contributed by atoms with van der Waals surface area (Å²) in [6, 6.07) is 0. The Morgan fingerprint density at radius 3 is 3.19 bits per heavy atom. The van der Waals surface area contributed by atoms with Crippen molar-refractivity contribution in [1.29, 1.82) is 0 Å². The van der Waals surface area contributed by atoms with E-state index in [2.05, 4.69) is 16.5 Å². The molecule has 1 atom stereocenters. The van der Waals surface area contributed by atoms with Crippen LogP contribution in [0.5, 0.6) is 0 Å². The Bertz CT molecular complexity index is 357. The Morgan fingerprint density at radius 2 is 2.38 bits per heavy atom. The second kappa shape index (κ2) is 5.28. The lowest BCUT2D eigenvalue weighted by Crippen LogP contribution is -2.11. The van der Waals surface area contributed by atoms with Crippen molar-refractivity contribution in [2.75, 3.05) is 0 Å². The molecule has 88 valence electrons. The standard InChI is InChI=1S/C13H20N2O/c1-2-8-15-9-7-14-13(15)11-5-3-4-6-12(16)10-11/h7,9,11H,2-6,8,10H2,1H3. The van der Waals surface area contributed by atoms with Crippen LogP contribution < -0.4 is 0 Å². The Labute approximate surface area is 96.9 Å². The summed E-state index contributed by atoms with van der Waals surface area (Å²) in [6.07, 6.45) is 9.82. The van der Waals surface area contributed by atoms with E-state index in [4.69, 9.17) is 0 Å². The number of rotatable bonds is 3. The number of ketones is 1. The highest BCUT2D eigenvalue weighted by molar-refractivity contribution is 5.79. The molecular formula is C13H20N2O. The molecule has 2 rings (SSSR count). The van der Waals surface area contributed by atoms with Crippen LogP contribution >= 0.6 is 0 Å². The highest BCUT2D eigenvalue weighted by atomic mass is 16.1. The number of hydrogen-bond donors (Lipinski definition) is 0. The third kappa shape index (κ3) is 2.52. The van der Waals surface area contributed by atoms with Crippen LogP contribution in [0.3, 0.4) is 0 Å². The van der Waals surface area contributed by atoms with Crippen LogP contribution in [0, 0.1) is 0 Å². The smallest absolute Gasteiger partial charge is 0.133 e. The first-order valence-electron chi connectivity index (χ1n) is 6.34. The highest BCUT2D eigenvalue weighted by Gasteiger charge is 2.22. The van der Waals surface area contributed by atoms with E-state index in [1.807, 2.05) is 12.4 Å². The zero-order valence-electron chi connectivity index (χ0n) is 9.98. The van der Waals surface area contributed by atoms with Crippen LogP contribution in [0.4, 0.5) is 0 Å². The molecule has 3 heteroatoms. The normalized spacial score (nSPS) is 22.1. The van der Waals surface area contributed by atoms with E-state index in [9.17, 15) is 4.79 Å². The van der Waals surface area contributed by atoms with Crippen LogP contribution in [0.2, 0.25) is 0 Å². The van der Waals surface area contributed by atoms with E-state index in [0.29, 0.717) is 18.1 Å². The summed E-state index contributed by atoms with van der Waals surface area (Å²) in [5, 5.41) is 0. The first-order valence-corrected chi connectivity index (χ1v) is 6.34. The van der Waals surface area contributed by atoms with Crippen LogP contribution in [0.25, 0.3) is 0 Å². The fourth-order valence-electron chi connectivity index (χ4n) is 2.52. The van der Waals surface area contributed by atoms with E-state index >= 15 is 0 Å². The predicted octanol–water partition coefficient (Wildman–Crippen LogP) is 2.91. The molecule has 16 heavy (non-hydrogen) atoms. The van der Waals surface area contributed by atoms with Gasteiger partial charge >= 0.3 is 0 Å². The van der Waals surface area contributed by atoms with Gasteiger partial charge in [-0.2, -0.15) is 0 Å². The quantitative estimate of drug-likeness (QED) is 0.734. The van der Waals surface area contributed by atoms with Crippen molar-refractivity contribution < 1.29 is 4.79 Å². The monoisotopic (exact) mass is 220 g/mol. The van der Waals surface area contributed by atoms with Gasteiger partial charge in [0.15, 0.2) is 0 Å². The average Bonchev–Trinajstić information content (AvgIpc) is 2.61. The highest BCUT2D eigenvalue weighted by Crippen LogP contribution is 2.29. The summed E-state index contributed by atoms with van der Waals surface area (Å²) in [5.74, 6) is 1.89. The minimum atomic E-state index is 0.358. The molecular weight excluding hydrogens is 200 g/mol. The number of Topliss-reactive ketones (excluding diaryl/α,β-unsaturated/α-hetero) is 1. The number of carbonyl (C=O) groups excluding carboxylic acids is 1. The van der Waals surface area contributed by atoms with E-state index < -0.39 is 0 Å². The van der Waals surface area contributed by atoms with Gasteiger partial charge in [-0.05, 0) is 19.3 Å². The van der Waals surface area contributed by atoms with E-state index in [1.165, 1.54) is 0 Å². The summed E-state index contributed by atoms with van der Waals surface area (Å²) in [6.45, 7) is 3.18. The molecule has 0 saturated heterocycles. The van der Waals surface area contributed by atoms with Gasteiger partial charge in [0.2, 0.25) is 0 Å². The summed E-state index contributed by atoms with van der Waals surface area (Å²) < 4.78 is 2.21. The topological polar surface area (TPSA) is 34.9 Å². The molecule has 1 aliphatic rings.